The first-order valence-corrected chi connectivity index (χ1v) is 6.65. The van der Waals surface area contributed by atoms with E-state index in [2.05, 4.69) is 10.3 Å². The van der Waals surface area contributed by atoms with Crippen LogP contribution in [0.3, 0.4) is 0 Å². The van der Waals surface area contributed by atoms with Crippen molar-refractivity contribution in [2.75, 3.05) is 12.4 Å². The van der Waals surface area contributed by atoms with Crippen molar-refractivity contribution in [3.63, 3.8) is 0 Å². The molecule has 0 spiro atoms. The number of aromatic nitrogens is 1. The number of anilines is 1. The quantitative estimate of drug-likeness (QED) is 0.665. The molecular formula is C13H11Cl2N3O3. The molecule has 6 nitrogen and oxygen atoms in total. The molecular weight excluding hydrogens is 317 g/mol. The van der Waals surface area contributed by atoms with Gasteiger partial charge in [-0.15, -0.1) is 0 Å². The van der Waals surface area contributed by atoms with Crippen LogP contribution < -0.4 is 10.1 Å². The highest BCUT2D eigenvalue weighted by Gasteiger charge is 2.15. The maximum atomic E-state index is 10.7. The van der Waals surface area contributed by atoms with Gasteiger partial charge in [0.2, 0.25) is 0 Å². The van der Waals surface area contributed by atoms with Crippen molar-refractivity contribution in [3.8, 4) is 5.75 Å². The molecule has 0 saturated carbocycles. The Morgan fingerprint density at radius 2 is 2.00 bits per heavy atom. The van der Waals surface area contributed by atoms with Crippen molar-refractivity contribution in [3.05, 3.63) is 56.2 Å². The van der Waals surface area contributed by atoms with Crippen LogP contribution in [-0.2, 0) is 6.61 Å². The van der Waals surface area contributed by atoms with Gasteiger partial charge in [0, 0.05) is 25.4 Å². The molecule has 1 N–H and O–H groups in total. The van der Waals surface area contributed by atoms with Crippen LogP contribution >= 0.6 is 23.2 Å². The Hall–Kier alpha value is -2.05. The first-order chi connectivity index (χ1) is 10.0. The molecule has 0 aliphatic rings. The molecule has 0 aliphatic heterocycles. The number of benzene rings is 1. The zero-order chi connectivity index (χ0) is 15.4. The minimum atomic E-state index is -0.566. The number of pyridine rings is 1. The summed E-state index contributed by atoms with van der Waals surface area (Å²) in [5.74, 6) is 0.920. The monoisotopic (exact) mass is 327 g/mol. The van der Waals surface area contributed by atoms with Crippen molar-refractivity contribution in [1.82, 2.24) is 4.98 Å². The molecule has 2 aromatic rings. The lowest BCUT2D eigenvalue weighted by molar-refractivity contribution is -0.384. The molecule has 0 radical (unpaired) electrons. The summed E-state index contributed by atoms with van der Waals surface area (Å²) in [5.41, 5.74) is 0.679. The molecule has 1 aromatic heterocycles. The average Bonchev–Trinajstić information content (AvgIpc) is 2.46. The Bertz CT molecular complexity index is 656. The molecule has 0 fully saturated rings. The summed E-state index contributed by atoms with van der Waals surface area (Å²) < 4.78 is 5.55. The number of non-ortho nitro benzene ring substituents is 1. The van der Waals surface area contributed by atoms with E-state index in [1.165, 1.54) is 12.1 Å². The van der Waals surface area contributed by atoms with E-state index < -0.39 is 4.92 Å². The van der Waals surface area contributed by atoms with Gasteiger partial charge in [-0.1, -0.05) is 23.2 Å². The summed E-state index contributed by atoms with van der Waals surface area (Å²) in [6.07, 6.45) is 1.64. The number of halogens is 2. The summed E-state index contributed by atoms with van der Waals surface area (Å²) >= 11 is 11.9. The fourth-order valence-electron chi connectivity index (χ4n) is 1.65. The highest BCUT2D eigenvalue weighted by molar-refractivity contribution is 6.37. The van der Waals surface area contributed by atoms with E-state index in [0.29, 0.717) is 5.82 Å². The zero-order valence-electron chi connectivity index (χ0n) is 11.0. The minimum absolute atomic E-state index is 0.0945. The zero-order valence-corrected chi connectivity index (χ0v) is 12.5. The molecule has 0 unspecified atom stereocenters. The van der Waals surface area contributed by atoms with Gasteiger partial charge in [0.1, 0.15) is 12.4 Å². The van der Waals surface area contributed by atoms with Gasteiger partial charge in [-0.2, -0.15) is 0 Å². The van der Waals surface area contributed by atoms with Gasteiger partial charge >= 0.3 is 0 Å². The van der Waals surface area contributed by atoms with Crippen molar-refractivity contribution >= 4 is 34.7 Å². The van der Waals surface area contributed by atoms with E-state index >= 15 is 0 Å². The third kappa shape index (κ3) is 3.74. The van der Waals surface area contributed by atoms with Crippen molar-refractivity contribution in [1.29, 1.82) is 0 Å². The van der Waals surface area contributed by atoms with E-state index in [9.17, 15) is 10.1 Å². The Morgan fingerprint density at radius 1 is 1.33 bits per heavy atom. The largest absolute Gasteiger partial charge is 0.486 e. The molecule has 8 heteroatoms. The van der Waals surface area contributed by atoms with E-state index in [1.807, 2.05) is 6.07 Å². The lowest BCUT2D eigenvalue weighted by Gasteiger charge is -2.10. The first-order valence-electron chi connectivity index (χ1n) is 5.90. The Kier molecular flexibility index (Phi) is 4.82. The number of rotatable bonds is 5. The first kappa shape index (κ1) is 15.3. The standard InChI is InChI=1S/C13H11Cl2N3O3/c1-16-12-4-8(2-3-17-12)7-21-13-10(14)5-9(18(19)20)6-11(13)15/h2-6H,7H2,1H3,(H,16,17). The Labute approximate surface area is 130 Å². The van der Waals surface area contributed by atoms with E-state index in [-0.39, 0.29) is 28.1 Å². The smallest absolute Gasteiger partial charge is 0.272 e. The van der Waals surface area contributed by atoms with Crippen LogP contribution in [0.15, 0.2) is 30.5 Å². The van der Waals surface area contributed by atoms with Gasteiger partial charge in [-0.3, -0.25) is 10.1 Å². The molecule has 0 bridgehead atoms. The number of nitro groups is 1. The van der Waals surface area contributed by atoms with Crippen LogP contribution in [0.25, 0.3) is 0 Å². The number of hydrogen-bond donors (Lipinski definition) is 1. The van der Waals surface area contributed by atoms with Gasteiger partial charge in [0.05, 0.1) is 15.0 Å². The topological polar surface area (TPSA) is 77.3 Å². The van der Waals surface area contributed by atoms with Crippen molar-refractivity contribution < 1.29 is 9.66 Å². The lowest BCUT2D eigenvalue weighted by Crippen LogP contribution is -2.00. The minimum Gasteiger partial charge on any atom is -0.486 e. The molecule has 0 aliphatic carbocycles. The van der Waals surface area contributed by atoms with E-state index in [1.54, 1.807) is 19.3 Å². The van der Waals surface area contributed by atoms with Gasteiger partial charge in [0.15, 0.2) is 5.75 Å². The Balaban J connectivity index is 2.18. The van der Waals surface area contributed by atoms with Crippen molar-refractivity contribution in [2.24, 2.45) is 0 Å². The van der Waals surface area contributed by atoms with Crippen LogP contribution in [0.4, 0.5) is 11.5 Å². The number of nitrogens with zero attached hydrogens (tertiary/aromatic N) is 2. The number of nitro benzene ring substituents is 1. The van der Waals surface area contributed by atoms with Crippen LogP contribution in [0, 0.1) is 10.1 Å². The second kappa shape index (κ2) is 6.60. The lowest BCUT2D eigenvalue weighted by atomic mass is 10.2. The molecule has 21 heavy (non-hydrogen) atoms. The predicted molar refractivity (Wildman–Crippen MR) is 81.2 cm³/mol. The van der Waals surface area contributed by atoms with Gasteiger partial charge in [-0.25, -0.2) is 4.98 Å². The molecule has 0 atom stereocenters. The fraction of sp³-hybridized carbons (Fsp3) is 0.154. The molecule has 1 aromatic carbocycles. The highest BCUT2D eigenvalue weighted by Crippen LogP contribution is 2.37. The van der Waals surface area contributed by atoms with Crippen LogP contribution in [-0.4, -0.2) is 17.0 Å². The second-order valence-electron chi connectivity index (χ2n) is 4.08. The van der Waals surface area contributed by atoms with Crippen LogP contribution in [0.1, 0.15) is 5.56 Å². The van der Waals surface area contributed by atoms with Gasteiger partial charge in [-0.05, 0) is 17.7 Å². The number of hydrogen-bond acceptors (Lipinski definition) is 5. The summed E-state index contributed by atoms with van der Waals surface area (Å²) in [7, 11) is 1.76. The van der Waals surface area contributed by atoms with E-state index in [4.69, 9.17) is 27.9 Å². The third-order valence-electron chi connectivity index (χ3n) is 2.66. The molecule has 110 valence electrons. The summed E-state index contributed by atoms with van der Waals surface area (Å²) in [6, 6.07) is 6.00. The SMILES string of the molecule is CNc1cc(COc2c(Cl)cc([N+](=O)[O-])cc2Cl)ccn1. The second-order valence-corrected chi connectivity index (χ2v) is 4.90. The maximum Gasteiger partial charge on any atom is 0.272 e. The summed E-state index contributed by atoms with van der Waals surface area (Å²) in [5, 5.41) is 13.8. The van der Waals surface area contributed by atoms with Crippen LogP contribution in [0.2, 0.25) is 10.0 Å². The van der Waals surface area contributed by atoms with Crippen LogP contribution in [0.5, 0.6) is 5.75 Å². The maximum absolute atomic E-state index is 10.7. The predicted octanol–water partition coefficient (Wildman–Crippen LogP) is 3.92. The number of ether oxygens (including phenoxy) is 1. The molecule has 1 heterocycles. The van der Waals surface area contributed by atoms with Gasteiger partial charge < -0.3 is 10.1 Å². The summed E-state index contributed by atoms with van der Waals surface area (Å²) in [6.45, 7) is 0.217. The number of nitrogens with one attached hydrogen (secondary N) is 1. The molecule has 0 saturated heterocycles. The van der Waals surface area contributed by atoms with Crippen molar-refractivity contribution in [2.45, 2.75) is 6.61 Å². The van der Waals surface area contributed by atoms with Gasteiger partial charge in [0.25, 0.3) is 5.69 Å². The summed E-state index contributed by atoms with van der Waals surface area (Å²) in [4.78, 5) is 14.2. The normalized spacial score (nSPS) is 10.2. The Morgan fingerprint density at radius 3 is 2.57 bits per heavy atom. The highest BCUT2D eigenvalue weighted by atomic mass is 35.5. The third-order valence-corrected chi connectivity index (χ3v) is 3.22. The molecule has 2 rings (SSSR count). The van der Waals surface area contributed by atoms with E-state index in [0.717, 1.165) is 5.56 Å². The molecule has 0 amide bonds. The average molecular weight is 328 g/mol. The fourth-order valence-corrected chi connectivity index (χ4v) is 2.23.